The molecule has 0 spiro atoms. The highest BCUT2D eigenvalue weighted by molar-refractivity contribution is 7.89. The van der Waals surface area contributed by atoms with E-state index in [9.17, 15) is 18.0 Å². The van der Waals surface area contributed by atoms with Crippen molar-refractivity contribution in [1.82, 2.24) is 5.32 Å². The zero-order chi connectivity index (χ0) is 21.7. The van der Waals surface area contributed by atoms with Gasteiger partial charge in [0.15, 0.2) is 6.10 Å². The van der Waals surface area contributed by atoms with Gasteiger partial charge in [0, 0.05) is 6.54 Å². The monoisotopic (exact) mass is 432 g/mol. The van der Waals surface area contributed by atoms with Gasteiger partial charge in [0.25, 0.3) is 5.91 Å². The van der Waals surface area contributed by atoms with Gasteiger partial charge in [-0.1, -0.05) is 30.3 Å². The van der Waals surface area contributed by atoms with Crippen molar-refractivity contribution in [2.45, 2.75) is 30.8 Å². The maximum absolute atomic E-state index is 12.4. The maximum atomic E-state index is 12.4. The Morgan fingerprint density at radius 1 is 1.20 bits per heavy atom. The minimum atomic E-state index is -3.73. The van der Waals surface area contributed by atoms with Crippen LogP contribution in [0.5, 0.6) is 5.75 Å². The molecule has 2 aromatic carbocycles. The molecule has 1 heterocycles. The number of para-hydroxylation sites is 1. The lowest BCUT2D eigenvalue weighted by molar-refractivity contribution is -0.160. The van der Waals surface area contributed by atoms with Crippen LogP contribution in [-0.4, -0.2) is 39.5 Å². The van der Waals surface area contributed by atoms with E-state index in [0.29, 0.717) is 19.4 Å². The van der Waals surface area contributed by atoms with Crippen LogP contribution in [0.2, 0.25) is 0 Å². The first-order valence-corrected chi connectivity index (χ1v) is 11.1. The quantitative estimate of drug-likeness (QED) is 0.633. The molecule has 3 rings (SSSR count). The first kappa shape index (κ1) is 21.8. The Morgan fingerprint density at radius 3 is 2.60 bits per heavy atom. The lowest BCUT2D eigenvalue weighted by atomic mass is 9.97. The van der Waals surface area contributed by atoms with E-state index >= 15 is 0 Å². The molecule has 2 aromatic rings. The fourth-order valence-electron chi connectivity index (χ4n) is 3.12. The lowest BCUT2D eigenvalue weighted by Crippen LogP contribution is -2.39. The van der Waals surface area contributed by atoms with Crippen molar-refractivity contribution in [2.24, 2.45) is 11.1 Å². The van der Waals surface area contributed by atoms with E-state index in [0.717, 1.165) is 16.9 Å². The van der Waals surface area contributed by atoms with Gasteiger partial charge in [0.2, 0.25) is 10.0 Å². The van der Waals surface area contributed by atoms with E-state index in [1.54, 1.807) is 12.1 Å². The molecule has 1 amide bonds. The molecule has 2 atom stereocenters. The van der Waals surface area contributed by atoms with Gasteiger partial charge in [-0.25, -0.2) is 13.6 Å². The Morgan fingerprint density at radius 2 is 1.90 bits per heavy atom. The summed E-state index contributed by atoms with van der Waals surface area (Å²) < 4.78 is 33.4. The van der Waals surface area contributed by atoms with Crippen LogP contribution < -0.4 is 15.2 Å². The van der Waals surface area contributed by atoms with Crippen molar-refractivity contribution in [1.29, 1.82) is 0 Å². The maximum Gasteiger partial charge on any atom is 0.313 e. The van der Waals surface area contributed by atoms with Crippen LogP contribution in [0.25, 0.3) is 0 Å². The minimum absolute atomic E-state index is 0.0325. The Hall–Kier alpha value is -2.91. The van der Waals surface area contributed by atoms with Gasteiger partial charge in [0.05, 0.1) is 10.8 Å². The summed E-state index contributed by atoms with van der Waals surface area (Å²) in [4.78, 5) is 24.6. The number of hydrogen-bond acceptors (Lipinski definition) is 6. The number of esters is 1. The summed E-state index contributed by atoms with van der Waals surface area (Å²) >= 11 is 0. The van der Waals surface area contributed by atoms with Crippen LogP contribution in [0.1, 0.15) is 18.1 Å². The summed E-state index contributed by atoms with van der Waals surface area (Å²) in [7, 11) is -3.73. The van der Waals surface area contributed by atoms with Gasteiger partial charge in [0.1, 0.15) is 12.4 Å². The molecule has 0 aromatic heterocycles. The molecule has 0 radical (unpaired) electrons. The van der Waals surface area contributed by atoms with Gasteiger partial charge in [-0.3, -0.25) is 9.59 Å². The Balaban J connectivity index is 1.44. The topological polar surface area (TPSA) is 125 Å². The molecular formula is C21H24N2O6S. The summed E-state index contributed by atoms with van der Waals surface area (Å²) in [6.07, 6.45) is 0.0713. The largest absolute Gasteiger partial charge is 0.492 e. The zero-order valence-corrected chi connectivity index (χ0v) is 17.4. The van der Waals surface area contributed by atoms with Gasteiger partial charge in [-0.05, 0) is 49.1 Å². The fraction of sp³-hybridized carbons (Fsp3) is 0.333. The number of primary sulfonamides is 1. The second-order valence-corrected chi connectivity index (χ2v) is 8.69. The van der Waals surface area contributed by atoms with Gasteiger partial charge in [-0.15, -0.1) is 0 Å². The number of carbonyl (C=O) groups excluding carboxylic acids is 2. The lowest BCUT2D eigenvalue weighted by Gasteiger charge is -2.25. The summed E-state index contributed by atoms with van der Waals surface area (Å²) in [5.74, 6) is -0.552. The van der Waals surface area contributed by atoms with Crippen LogP contribution in [0.4, 0.5) is 0 Å². The number of rotatable bonds is 7. The van der Waals surface area contributed by atoms with E-state index in [1.165, 1.54) is 19.1 Å². The van der Waals surface area contributed by atoms with Crippen molar-refractivity contribution in [3.63, 3.8) is 0 Å². The van der Waals surface area contributed by atoms with Crippen molar-refractivity contribution in [3.8, 4) is 5.75 Å². The second kappa shape index (κ2) is 9.27. The molecule has 30 heavy (non-hydrogen) atoms. The van der Waals surface area contributed by atoms with Crippen LogP contribution >= 0.6 is 0 Å². The zero-order valence-electron chi connectivity index (χ0n) is 16.5. The fourth-order valence-corrected chi connectivity index (χ4v) is 3.64. The predicted octanol–water partition coefficient (Wildman–Crippen LogP) is 1.18. The molecule has 3 N–H and O–H groups in total. The van der Waals surface area contributed by atoms with Crippen LogP contribution in [0, 0.1) is 5.92 Å². The summed E-state index contributed by atoms with van der Waals surface area (Å²) in [5.41, 5.74) is 1.78. The molecule has 9 heteroatoms. The molecule has 0 fully saturated rings. The normalized spacial score (nSPS) is 16.7. The molecule has 0 bridgehead atoms. The average Bonchev–Trinajstić information content (AvgIpc) is 2.73. The van der Waals surface area contributed by atoms with Gasteiger partial charge < -0.3 is 14.8 Å². The second-order valence-electron chi connectivity index (χ2n) is 7.13. The molecule has 0 aliphatic carbocycles. The van der Waals surface area contributed by atoms with Gasteiger partial charge >= 0.3 is 5.97 Å². The Labute approximate surface area is 175 Å². The van der Waals surface area contributed by atoms with E-state index in [-0.39, 0.29) is 11.5 Å². The molecule has 0 saturated heterocycles. The summed E-state index contributed by atoms with van der Waals surface area (Å²) in [5, 5.41) is 7.77. The van der Waals surface area contributed by atoms with E-state index in [2.05, 4.69) is 5.32 Å². The molecular weight excluding hydrogens is 408 g/mol. The molecule has 160 valence electrons. The third-order valence-corrected chi connectivity index (χ3v) is 5.77. The Kier molecular flexibility index (Phi) is 6.73. The van der Waals surface area contributed by atoms with Crippen molar-refractivity contribution >= 4 is 21.9 Å². The number of fused-ring (bicyclic) bond motifs is 1. The van der Waals surface area contributed by atoms with Crippen LogP contribution in [0.15, 0.2) is 53.4 Å². The number of ether oxygens (including phenoxy) is 2. The van der Waals surface area contributed by atoms with Crippen LogP contribution in [-0.2, 0) is 37.2 Å². The summed E-state index contributed by atoms with van der Waals surface area (Å²) in [6, 6.07) is 13.6. The highest BCUT2D eigenvalue weighted by Gasteiger charge is 2.29. The number of sulfonamides is 1. The molecule has 1 aliphatic heterocycles. The molecule has 1 aliphatic rings. The minimum Gasteiger partial charge on any atom is -0.492 e. The Bertz CT molecular complexity index is 1020. The third-order valence-electron chi connectivity index (χ3n) is 4.84. The van der Waals surface area contributed by atoms with E-state index < -0.39 is 33.9 Å². The highest BCUT2D eigenvalue weighted by Crippen LogP contribution is 2.27. The highest BCUT2D eigenvalue weighted by atomic mass is 32.2. The smallest absolute Gasteiger partial charge is 0.313 e. The third kappa shape index (κ3) is 5.58. The first-order valence-electron chi connectivity index (χ1n) is 9.54. The number of nitrogens with two attached hydrogens (primary N) is 1. The summed E-state index contributed by atoms with van der Waals surface area (Å²) in [6.45, 7) is 2.06. The number of carbonyl (C=O) groups is 2. The van der Waals surface area contributed by atoms with Crippen molar-refractivity contribution < 1.29 is 27.5 Å². The van der Waals surface area contributed by atoms with E-state index in [1.807, 2.05) is 24.3 Å². The van der Waals surface area contributed by atoms with Crippen LogP contribution in [0.3, 0.4) is 0 Å². The number of benzene rings is 2. The average molecular weight is 432 g/mol. The predicted molar refractivity (Wildman–Crippen MR) is 109 cm³/mol. The first-order chi connectivity index (χ1) is 14.2. The van der Waals surface area contributed by atoms with Crippen molar-refractivity contribution in [2.75, 3.05) is 13.2 Å². The molecule has 0 unspecified atom stereocenters. The SMILES string of the molecule is C[C@H](OC(=O)[C@@H]1COc2ccccc2C1)C(=O)NCCc1ccc(S(N)(=O)=O)cc1. The number of hydrogen-bond donors (Lipinski definition) is 2. The van der Waals surface area contributed by atoms with E-state index in [4.69, 9.17) is 14.6 Å². The number of nitrogens with one attached hydrogen (secondary N) is 1. The van der Waals surface area contributed by atoms with Gasteiger partial charge in [-0.2, -0.15) is 0 Å². The molecule has 8 nitrogen and oxygen atoms in total. The van der Waals surface area contributed by atoms with Crippen molar-refractivity contribution in [3.05, 3.63) is 59.7 Å². The molecule has 0 saturated carbocycles. The standard InChI is InChI=1S/C21H24N2O6S/c1-14(29-21(25)17-12-16-4-2-3-5-19(16)28-13-17)20(24)23-11-10-15-6-8-18(9-7-15)30(22,26)27/h2-9,14,17H,10-13H2,1H3,(H,23,24)(H2,22,26,27)/t14-,17-/m0/s1. The number of amides is 1.